The van der Waals surface area contributed by atoms with E-state index in [0.29, 0.717) is 60.9 Å². The van der Waals surface area contributed by atoms with Crippen LogP contribution in [0.5, 0.6) is 0 Å². The molecule has 1 saturated carbocycles. The zero-order valence-corrected chi connectivity index (χ0v) is 30.3. The number of rotatable bonds is 13. The number of carbonyl (C=O) groups excluding carboxylic acids is 4. The smallest absolute Gasteiger partial charge is 0.318 e. The average molecular weight is 736 g/mol. The van der Waals surface area contributed by atoms with Crippen LogP contribution in [0.4, 0.5) is 9.93 Å². The van der Waals surface area contributed by atoms with E-state index in [9.17, 15) is 24.0 Å². The molecule has 3 atom stereocenters. The van der Waals surface area contributed by atoms with Crippen LogP contribution in [0.1, 0.15) is 61.7 Å². The number of unbranched alkanes of at least 4 members (excludes halogenated alkanes) is 1. The summed E-state index contributed by atoms with van der Waals surface area (Å²) in [7, 11) is 2.01. The van der Waals surface area contributed by atoms with Crippen LogP contribution >= 0.6 is 23.1 Å². The van der Waals surface area contributed by atoms with Crippen molar-refractivity contribution in [1.29, 1.82) is 0 Å². The zero-order chi connectivity index (χ0) is 35.9. The number of hydrogen-bond acceptors (Lipinski definition) is 9. The van der Waals surface area contributed by atoms with E-state index in [4.69, 9.17) is 5.11 Å². The number of thiazole rings is 1. The van der Waals surface area contributed by atoms with Crippen LogP contribution in [0.25, 0.3) is 11.3 Å². The molecular weight excluding hydrogens is 691 g/mol. The van der Waals surface area contributed by atoms with E-state index in [1.165, 1.54) is 23.1 Å². The molecule has 0 bridgehead atoms. The fraction of sp³-hybridized carbons (Fsp3) is 0.500. The molecule has 15 heteroatoms. The number of benzene rings is 1. The normalized spacial score (nSPS) is 21.2. The molecule has 1 unspecified atom stereocenters. The van der Waals surface area contributed by atoms with Gasteiger partial charge in [-0.1, -0.05) is 30.4 Å². The number of nitrogens with zero attached hydrogens (tertiary/aromatic N) is 4. The Hall–Kier alpha value is -4.21. The lowest BCUT2D eigenvalue weighted by atomic mass is 9.96. The van der Waals surface area contributed by atoms with Crippen molar-refractivity contribution in [1.82, 2.24) is 30.3 Å². The maximum absolute atomic E-state index is 14.7. The first-order valence-corrected chi connectivity index (χ1v) is 19.5. The number of carbonyl (C=O) groups is 5. The van der Waals surface area contributed by atoms with Gasteiger partial charge >= 0.3 is 12.0 Å². The Kier molecular flexibility index (Phi) is 12.1. The van der Waals surface area contributed by atoms with Crippen molar-refractivity contribution in [2.45, 2.75) is 74.9 Å². The van der Waals surface area contributed by atoms with Gasteiger partial charge in [-0.2, -0.15) is 0 Å². The number of piperazine rings is 1. The van der Waals surface area contributed by atoms with Gasteiger partial charge in [-0.25, -0.2) is 9.78 Å². The number of urea groups is 1. The third-order valence-corrected chi connectivity index (χ3v) is 11.7. The first kappa shape index (κ1) is 36.6. The Morgan fingerprint density at radius 3 is 2.49 bits per heavy atom. The predicted molar refractivity (Wildman–Crippen MR) is 197 cm³/mol. The van der Waals surface area contributed by atoms with Gasteiger partial charge in [0.05, 0.1) is 11.1 Å². The highest BCUT2D eigenvalue weighted by atomic mass is 32.2. The average Bonchev–Trinajstić information content (AvgIpc) is 3.65. The lowest BCUT2D eigenvalue weighted by molar-refractivity contribution is -0.139. The summed E-state index contributed by atoms with van der Waals surface area (Å²) in [5.41, 5.74) is 2.82. The number of nitrogens with one attached hydrogen (secondary N) is 3. The van der Waals surface area contributed by atoms with Gasteiger partial charge in [-0.15, -0.1) is 23.1 Å². The Labute approximate surface area is 305 Å². The van der Waals surface area contributed by atoms with Gasteiger partial charge in [-0.05, 0) is 69.7 Å². The quantitative estimate of drug-likeness (QED) is 0.221. The first-order chi connectivity index (χ1) is 24.7. The number of anilines is 1. The van der Waals surface area contributed by atoms with Crippen LogP contribution in [0.2, 0.25) is 0 Å². The Bertz CT molecular complexity index is 1670. The number of amides is 5. The number of likely N-dealkylation sites (N-methyl/N-ethyl adjacent to an activating group) is 1. The highest BCUT2D eigenvalue weighted by Gasteiger charge is 2.45. The minimum Gasteiger partial charge on any atom is -0.481 e. The third-order valence-electron chi connectivity index (χ3n) is 9.55. The second kappa shape index (κ2) is 16.9. The fourth-order valence-corrected chi connectivity index (χ4v) is 8.55. The standard InChI is InChI=1S/C36H45N7O6S2/c1-41-17-19-42(20-18-41)36(49)39-31(24-7-3-2-4-8-24)34(48)43-28(22-50-29(43)9-5-6-10-30(44)45)33(47)40-35-38-27(21-51-35)23-11-13-25(14-12-23)32(46)37-26-15-16-26/h2-3,7,11-14,21,26,28-29,31H,4-6,8-10,15-20,22H2,1H3,(H,37,46)(H,39,49)(H,44,45)(H,38,40,47)/t28-,29?,31+/m0/s1. The van der Waals surface area contributed by atoms with Crippen molar-refractivity contribution in [2.75, 3.05) is 44.3 Å². The number of carboxylic acid groups (broad SMARTS) is 1. The maximum Gasteiger partial charge on any atom is 0.318 e. The van der Waals surface area contributed by atoms with Crippen molar-refractivity contribution in [3.63, 3.8) is 0 Å². The van der Waals surface area contributed by atoms with E-state index in [1.54, 1.807) is 21.9 Å². The molecule has 0 spiro atoms. The molecule has 0 radical (unpaired) electrons. The SMILES string of the molecule is CN1CCN(C(=O)N[C@@H](C(=O)N2C(CCCCC(=O)O)SC[C@H]2C(=O)Nc2nc(-c3ccc(C(=O)NC4CC4)cc3)cs2)C2=CC=CCC2)CC1. The van der Waals surface area contributed by atoms with Crippen molar-refractivity contribution in [3.8, 4) is 11.3 Å². The molecule has 5 amide bonds. The molecule has 2 aliphatic heterocycles. The van der Waals surface area contributed by atoms with Gasteiger partial charge in [0.25, 0.3) is 11.8 Å². The number of carboxylic acids is 1. The van der Waals surface area contributed by atoms with Crippen LogP contribution in [-0.2, 0) is 14.4 Å². The Morgan fingerprint density at radius 2 is 1.80 bits per heavy atom. The van der Waals surface area contributed by atoms with Crippen molar-refractivity contribution < 1.29 is 29.1 Å². The number of aliphatic carboxylic acids is 1. The fourth-order valence-electron chi connectivity index (χ4n) is 6.37. The monoisotopic (exact) mass is 735 g/mol. The van der Waals surface area contributed by atoms with Gasteiger partial charge < -0.3 is 35.8 Å². The first-order valence-electron chi connectivity index (χ1n) is 17.6. The molecule has 3 fully saturated rings. The van der Waals surface area contributed by atoms with E-state index in [1.807, 2.05) is 42.8 Å². The van der Waals surface area contributed by atoms with Gasteiger partial charge in [0.15, 0.2) is 5.13 Å². The topological polar surface area (TPSA) is 164 Å². The summed E-state index contributed by atoms with van der Waals surface area (Å²) < 4.78 is 0. The molecule has 1 aromatic carbocycles. The summed E-state index contributed by atoms with van der Waals surface area (Å²) in [5, 5.41) is 19.9. The maximum atomic E-state index is 14.7. The number of thioether (sulfide) groups is 1. The largest absolute Gasteiger partial charge is 0.481 e. The Balaban J connectivity index is 1.18. The molecule has 1 aromatic heterocycles. The van der Waals surface area contributed by atoms with Crippen LogP contribution in [0.15, 0.2) is 53.4 Å². The molecule has 2 aromatic rings. The second-order valence-electron chi connectivity index (χ2n) is 13.4. The third kappa shape index (κ3) is 9.57. The summed E-state index contributed by atoms with van der Waals surface area (Å²) in [6.45, 7) is 2.58. The van der Waals surface area contributed by atoms with Crippen LogP contribution in [0, 0.1) is 0 Å². The minimum absolute atomic E-state index is 0.0287. The van der Waals surface area contributed by atoms with Crippen LogP contribution in [0.3, 0.4) is 0 Å². The van der Waals surface area contributed by atoms with Crippen LogP contribution < -0.4 is 16.0 Å². The van der Waals surface area contributed by atoms with Crippen LogP contribution in [-0.4, -0.2) is 117 Å². The van der Waals surface area contributed by atoms with Crippen molar-refractivity contribution >= 4 is 58.0 Å². The summed E-state index contributed by atoms with van der Waals surface area (Å²) >= 11 is 2.77. The highest BCUT2D eigenvalue weighted by molar-refractivity contribution is 8.00. The minimum atomic E-state index is -0.946. The zero-order valence-electron chi connectivity index (χ0n) is 28.7. The highest BCUT2D eigenvalue weighted by Crippen LogP contribution is 2.36. The summed E-state index contributed by atoms with van der Waals surface area (Å²) in [4.78, 5) is 75.8. The number of aromatic nitrogens is 1. The summed E-state index contributed by atoms with van der Waals surface area (Å²) in [5.74, 6) is -1.35. The summed E-state index contributed by atoms with van der Waals surface area (Å²) in [6.07, 6.45) is 10.7. The molecular formula is C36H45N7O6S2. The van der Waals surface area contributed by atoms with E-state index >= 15 is 0 Å². The molecule has 2 saturated heterocycles. The molecule has 3 heterocycles. The molecule has 4 N–H and O–H groups in total. The predicted octanol–water partition coefficient (Wildman–Crippen LogP) is 4.16. The second-order valence-corrected chi connectivity index (χ2v) is 15.5. The molecule has 4 aliphatic rings. The molecule has 2 aliphatic carbocycles. The lowest BCUT2D eigenvalue weighted by Gasteiger charge is -2.36. The van der Waals surface area contributed by atoms with E-state index in [-0.39, 0.29) is 41.6 Å². The Morgan fingerprint density at radius 1 is 1.04 bits per heavy atom. The molecule has 272 valence electrons. The van der Waals surface area contributed by atoms with Gasteiger partial charge in [-0.3, -0.25) is 19.2 Å². The van der Waals surface area contributed by atoms with Crippen molar-refractivity contribution in [3.05, 3.63) is 59.0 Å². The van der Waals surface area contributed by atoms with Crippen molar-refractivity contribution in [2.24, 2.45) is 0 Å². The van der Waals surface area contributed by atoms with Gasteiger partial charge in [0, 0.05) is 60.9 Å². The molecule has 51 heavy (non-hydrogen) atoms. The molecule has 6 rings (SSSR count). The number of hydrogen-bond donors (Lipinski definition) is 4. The van der Waals surface area contributed by atoms with E-state index < -0.39 is 18.1 Å². The summed E-state index contributed by atoms with van der Waals surface area (Å²) in [6, 6.07) is 5.37. The van der Waals surface area contributed by atoms with E-state index in [2.05, 4.69) is 25.8 Å². The molecule has 13 nitrogen and oxygen atoms in total. The number of allylic oxidation sites excluding steroid dienone is 3. The lowest BCUT2D eigenvalue weighted by Crippen LogP contribution is -2.59. The van der Waals surface area contributed by atoms with Gasteiger partial charge in [0.1, 0.15) is 12.1 Å². The van der Waals surface area contributed by atoms with Gasteiger partial charge in [0.2, 0.25) is 5.91 Å². The van der Waals surface area contributed by atoms with E-state index in [0.717, 1.165) is 43.5 Å².